The van der Waals surface area contributed by atoms with E-state index < -0.39 is 0 Å². The SMILES string of the molecule is C[C@@H](CN)c1ccc(Br)cc1. The fraction of sp³-hybridized carbons (Fsp3) is 0.333. The molecule has 0 radical (unpaired) electrons. The van der Waals surface area contributed by atoms with Gasteiger partial charge in [-0.05, 0) is 30.2 Å². The van der Waals surface area contributed by atoms with Crippen LogP contribution in [0.1, 0.15) is 18.4 Å². The molecule has 0 bridgehead atoms. The zero-order valence-corrected chi connectivity index (χ0v) is 8.14. The van der Waals surface area contributed by atoms with Crippen molar-refractivity contribution in [1.82, 2.24) is 0 Å². The zero-order valence-electron chi connectivity index (χ0n) is 6.55. The molecule has 1 aromatic carbocycles. The highest BCUT2D eigenvalue weighted by Crippen LogP contribution is 2.16. The Morgan fingerprint density at radius 1 is 1.36 bits per heavy atom. The maximum Gasteiger partial charge on any atom is 0.0175 e. The Hall–Kier alpha value is -0.340. The molecule has 0 unspecified atom stereocenters. The lowest BCUT2D eigenvalue weighted by molar-refractivity contribution is 0.774. The summed E-state index contributed by atoms with van der Waals surface area (Å²) in [5.41, 5.74) is 6.83. The third-order valence-electron chi connectivity index (χ3n) is 1.79. The first-order chi connectivity index (χ1) is 5.24. The van der Waals surface area contributed by atoms with Crippen LogP contribution in [0.5, 0.6) is 0 Å². The van der Waals surface area contributed by atoms with Gasteiger partial charge in [-0.2, -0.15) is 0 Å². The standard InChI is InChI=1S/C9H12BrN/c1-7(6-11)8-2-4-9(10)5-3-8/h2-5,7H,6,11H2,1H3/t7-/m0/s1. The van der Waals surface area contributed by atoms with Crippen molar-refractivity contribution >= 4 is 15.9 Å². The molecule has 0 heterocycles. The summed E-state index contributed by atoms with van der Waals surface area (Å²) < 4.78 is 1.12. The van der Waals surface area contributed by atoms with Crippen molar-refractivity contribution < 1.29 is 0 Å². The van der Waals surface area contributed by atoms with E-state index in [0.717, 1.165) is 4.47 Å². The lowest BCUT2D eigenvalue weighted by Crippen LogP contribution is -2.08. The van der Waals surface area contributed by atoms with Gasteiger partial charge in [-0.15, -0.1) is 0 Å². The summed E-state index contributed by atoms with van der Waals surface area (Å²) in [5.74, 6) is 0.461. The number of rotatable bonds is 2. The number of benzene rings is 1. The number of nitrogens with two attached hydrogens (primary N) is 1. The minimum atomic E-state index is 0.461. The van der Waals surface area contributed by atoms with E-state index in [1.54, 1.807) is 0 Å². The second-order valence-electron chi connectivity index (χ2n) is 2.69. The van der Waals surface area contributed by atoms with E-state index in [4.69, 9.17) is 5.73 Å². The molecule has 1 aromatic rings. The highest BCUT2D eigenvalue weighted by molar-refractivity contribution is 9.10. The van der Waals surface area contributed by atoms with Crippen LogP contribution >= 0.6 is 15.9 Å². The zero-order chi connectivity index (χ0) is 8.27. The Morgan fingerprint density at radius 3 is 2.36 bits per heavy atom. The van der Waals surface area contributed by atoms with Crippen LogP contribution in [-0.4, -0.2) is 6.54 Å². The van der Waals surface area contributed by atoms with Crippen LogP contribution in [0.2, 0.25) is 0 Å². The topological polar surface area (TPSA) is 26.0 Å². The van der Waals surface area contributed by atoms with Crippen LogP contribution in [0.3, 0.4) is 0 Å². The third-order valence-corrected chi connectivity index (χ3v) is 2.32. The van der Waals surface area contributed by atoms with Gasteiger partial charge in [0.15, 0.2) is 0 Å². The van der Waals surface area contributed by atoms with Gasteiger partial charge in [0.1, 0.15) is 0 Å². The minimum Gasteiger partial charge on any atom is -0.330 e. The van der Waals surface area contributed by atoms with E-state index in [1.165, 1.54) is 5.56 Å². The number of hydrogen-bond acceptors (Lipinski definition) is 1. The van der Waals surface area contributed by atoms with E-state index in [9.17, 15) is 0 Å². The monoisotopic (exact) mass is 213 g/mol. The predicted octanol–water partition coefficient (Wildman–Crippen LogP) is 2.51. The van der Waals surface area contributed by atoms with Crippen molar-refractivity contribution in [2.75, 3.05) is 6.54 Å². The average Bonchev–Trinajstić information content (AvgIpc) is 2.05. The molecule has 0 aliphatic heterocycles. The summed E-state index contributed by atoms with van der Waals surface area (Å²) >= 11 is 3.39. The first-order valence-corrected chi connectivity index (χ1v) is 4.49. The largest absolute Gasteiger partial charge is 0.330 e. The van der Waals surface area contributed by atoms with Gasteiger partial charge in [-0.3, -0.25) is 0 Å². The molecular formula is C9H12BrN. The molecule has 0 amide bonds. The quantitative estimate of drug-likeness (QED) is 0.804. The molecule has 1 nitrogen and oxygen atoms in total. The van der Waals surface area contributed by atoms with Gasteiger partial charge < -0.3 is 5.73 Å². The van der Waals surface area contributed by atoms with Gasteiger partial charge in [0.05, 0.1) is 0 Å². The van der Waals surface area contributed by atoms with E-state index in [0.29, 0.717) is 12.5 Å². The van der Waals surface area contributed by atoms with Gasteiger partial charge >= 0.3 is 0 Å². The van der Waals surface area contributed by atoms with Crippen LogP contribution in [0, 0.1) is 0 Å². The van der Waals surface area contributed by atoms with E-state index in [-0.39, 0.29) is 0 Å². The third kappa shape index (κ3) is 2.31. The minimum absolute atomic E-state index is 0.461. The van der Waals surface area contributed by atoms with Crippen molar-refractivity contribution in [3.63, 3.8) is 0 Å². The Morgan fingerprint density at radius 2 is 1.91 bits per heavy atom. The normalized spacial score (nSPS) is 13.0. The molecule has 1 rings (SSSR count). The van der Waals surface area contributed by atoms with Crippen LogP contribution in [-0.2, 0) is 0 Å². The van der Waals surface area contributed by atoms with Crippen molar-refractivity contribution in [3.8, 4) is 0 Å². The molecule has 0 aliphatic rings. The van der Waals surface area contributed by atoms with E-state index in [1.807, 2.05) is 12.1 Å². The first kappa shape index (κ1) is 8.75. The molecule has 2 heteroatoms. The maximum atomic E-state index is 5.53. The van der Waals surface area contributed by atoms with Crippen molar-refractivity contribution in [2.45, 2.75) is 12.8 Å². The average molecular weight is 214 g/mol. The molecule has 0 aromatic heterocycles. The maximum absolute atomic E-state index is 5.53. The second-order valence-corrected chi connectivity index (χ2v) is 3.60. The van der Waals surface area contributed by atoms with Crippen LogP contribution < -0.4 is 5.73 Å². The Kier molecular flexibility index (Phi) is 3.09. The lowest BCUT2D eigenvalue weighted by atomic mass is 10.0. The number of halogens is 1. The van der Waals surface area contributed by atoms with Gasteiger partial charge in [0.2, 0.25) is 0 Å². The lowest BCUT2D eigenvalue weighted by Gasteiger charge is -2.07. The van der Waals surface area contributed by atoms with E-state index in [2.05, 4.69) is 35.0 Å². The summed E-state index contributed by atoms with van der Waals surface area (Å²) in [6.07, 6.45) is 0. The Balaban J connectivity index is 2.81. The molecule has 2 N–H and O–H groups in total. The smallest absolute Gasteiger partial charge is 0.0175 e. The molecule has 0 fully saturated rings. The highest BCUT2D eigenvalue weighted by atomic mass is 79.9. The van der Waals surface area contributed by atoms with Gasteiger partial charge in [0.25, 0.3) is 0 Å². The predicted molar refractivity (Wildman–Crippen MR) is 51.6 cm³/mol. The molecule has 0 saturated heterocycles. The molecule has 1 atom stereocenters. The van der Waals surface area contributed by atoms with Gasteiger partial charge in [-0.25, -0.2) is 0 Å². The van der Waals surface area contributed by atoms with Crippen LogP contribution in [0.25, 0.3) is 0 Å². The molecule has 11 heavy (non-hydrogen) atoms. The molecule has 0 aliphatic carbocycles. The second kappa shape index (κ2) is 3.88. The summed E-state index contributed by atoms with van der Waals surface area (Å²) in [7, 11) is 0. The van der Waals surface area contributed by atoms with Crippen LogP contribution in [0.4, 0.5) is 0 Å². The highest BCUT2D eigenvalue weighted by Gasteiger charge is 2.00. The molecule has 0 spiro atoms. The van der Waals surface area contributed by atoms with Crippen molar-refractivity contribution in [2.24, 2.45) is 5.73 Å². The number of hydrogen-bond donors (Lipinski definition) is 1. The fourth-order valence-electron chi connectivity index (χ4n) is 0.927. The van der Waals surface area contributed by atoms with Crippen molar-refractivity contribution in [1.29, 1.82) is 0 Å². The van der Waals surface area contributed by atoms with Gasteiger partial charge in [0, 0.05) is 4.47 Å². The van der Waals surface area contributed by atoms with Crippen molar-refractivity contribution in [3.05, 3.63) is 34.3 Å². The molecule has 60 valence electrons. The summed E-state index contributed by atoms with van der Waals surface area (Å²) in [5, 5.41) is 0. The summed E-state index contributed by atoms with van der Waals surface area (Å²) in [6.45, 7) is 2.84. The van der Waals surface area contributed by atoms with Gasteiger partial charge in [-0.1, -0.05) is 35.0 Å². The molecular weight excluding hydrogens is 202 g/mol. The Labute approximate surface area is 75.7 Å². The van der Waals surface area contributed by atoms with Crippen LogP contribution in [0.15, 0.2) is 28.7 Å². The first-order valence-electron chi connectivity index (χ1n) is 3.69. The van der Waals surface area contributed by atoms with E-state index >= 15 is 0 Å². The molecule has 0 saturated carbocycles. The Bertz CT molecular complexity index is 218. The summed E-state index contributed by atoms with van der Waals surface area (Å²) in [4.78, 5) is 0. The summed E-state index contributed by atoms with van der Waals surface area (Å²) in [6, 6.07) is 8.28. The fourth-order valence-corrected chi connectivity index (χ4v) is 1.19.